The highest BCUT2D eigenvalue weighted by molar-refractivity contribution is 9.10. The summed E-state index contributed by atoms with van der Waals surface area (Å²) in [5.41, 5.74) is 6.21. The minimum Gasteiger partial charge on any atom is -0.484 e. The van der Waals surface area contributed by atoms with E-state index in [0.29, 0.717) is 15.8 Å². The smallest absolute Gasteiger partial charge is 0.141 e. The first-order valence-corrected chi connectivity index (χ1v) is 6.90. The molecule has 0 aromatic heterocycles. The molecular weight excluding hydrogens is 328 g/mol. The molecule has 0 saturated heterocycles. The Labute approximate surface area is 124 Å². The molecule has 2 nitrogen and oxygen atoms in total. The molecule has 2 aromatic carbocycles. The molecule has 0 spiro atoms. The van der Waals surface area contributed by atoms with Crippen molar-refractivity contribution in [1.29, 1.82) is 0 Å². The van der Waals surface area contributed by atoms with E-state index in [-0.39, 0.29) is 0 Å². The fraction of sp³-hybridized carbons (Fsp3) is 0.200. The summed E-state index contributed by atoms with van der Waals surface area (Å²) >= 11 is 3.07. The second kappa shape index (κ2) is 6.33. The maximum Gasteiger partial charge on any atom is 0.141 e. The summed E-state index contributed by atoms with van der Waals surface area (Å²) in [5.74, 6) is -0.539. The Morgan fingerprint density at radius 1 is 1.10 bits per heavy atom. The van der Waals surface area contributed by atoms with Crippen LogP contribution in [0.25, 0.3) is 0 Å². The van der Waals surface area contributed by atoms with Crippen molar-refractivity contribution < 1.29 is 13.5 Å². The Bertz CT molecular complexity index is 604. The number of benzene rings is 2. The SMILES string of the molecule is CC(N)C(Oc1ccc(Br)c(F)c1)c1ccccc1F. The van der Waals surface area contributed by atoms with E-state index >= 15 is 0 Å². The van der Waals surface area contributed by atoms with Crippen LogP contribution in [0.3, 0.4) is 0 Å². The van der Waals surface area contributed by atoms with Crippen LogP contribution in [-0.2, 0) is 0 Å². The Morgan fingerprint density at radius 2 is 1.80 bits per heavy atom. The second-order valence-corrected chi connectivity index (χ2v) is 5.35. The number of hydrogen-bond donors (Lipinski definition) is 1. The van der Waals surface area contributed by atoms with Gasteiger partial charge in [-0.25, -0.2) is 8.78 Å². The van der Waals surface area contributed by atoms with Crippen molar-refractivity contribution in [2.24, 2.45) is 5.73 Å². The van der Waals surface area contributed by atoms with Crippen LogP contribution >= 0.6 is 15.9 Å². The van der Waals surface area contributed by atoms with Crippen LogP contribution < -0.4 is 10.5 Å². The predicted octanol–water partition coefficient (Wildman–Crippen LogP) is 4.19. The van der Waals surface area contributed by atoms with Crippen molar-refractivity contribution in [2.45, 2.75) is 19.1 Å². The van der Waals surface area contributed by atoms with E-state index in [2.05, 4.69) is 15.9 Å². The first-order chi connectivity index (χ1) is 9.49. The van der Waals surface area contributed by atoms with E-state index in [0.717, 1.165) is 0 Å². The summed E-state index contributed by atoms with van der Waals surface area (Å²) in [7, 11) is 0. The molecule has 0 saturated carbocycles. The minimum atomic E-state index is -0.684. The molecule has 106 valence electrons. The minimum absolute atomic E-state index is 0.302. The normalized spacial score (nSPS) is 13.8. The fourth-order valence-electron chi connectivity index (χ4n) is 1.86. The van der Waals surface area contributed by atoms with Crippen molar-refractivity contribution in [2.75, 3.05) is 0 Å². The van der Waals surface area contributed by atoms with Gasteiger partial charge in [0.25, 0.3) is 0 Å². The van der Waals surface area contributed by atoms with Crippen molar-refractivity contribution in [3.63, 3.8) is 0 Å². The lowest BCUT2D eigenvalue weighted by Crippen LogP contribution is -2.29. The van der Waals surface area contributed by atoms with Crippen LogP contribution in [-0.4, -0.2) is 6.04 Å². The highest BCUT2D eigenvalue weighted by Gasteiger charge is 2.21. The average molecular weight is 342 g/mol. The lowest BCUT2D eigenvalue weighted by molar-refractivity contribution is 0.175. The number of nitrogens with two attached hydrogens (primary N) is 1. The van der Waals surface area contributed by atoms with Crippen LogP contribution in [0.2, 0.25) is 0 Å². The molecule has 0 amide bonds. The van der Waals surface area contributed by atoms with E-state index in [1.54, 1.807) is 31.2 Å². The molecule has 2 N–H and O–H groups in total. The summed E-state index contributed by atoms with van der Waals surface area (Å²) in [4.78, 5) is 0. The molecule has 2 aromatic rings. The van der Waals surface area contributed by atoms with E-state index < -0.39 is 23.8 Å². The Kier molecular flexibility index (Phi) is 4.73. The van der Waals surface area contributed by atoms with E-state index in [1.165, 1.54) is 18.2 Å². The summed E-state index contributed by atoms with van der Waals surface area (Å²) in [6, 6.07) is 10.2. The topological polar surface area (TPSA) is 35.2 Å². The maximum atomic E-state index is 13.8. The quantitative estimate of drug-likeness (QED) is 0.904. The predicted molar refractivity (Wildman–Crippen MR) is 77.5 cm³/mol. The zero-order valence-electron chi connectivity index (χ0n) is 10.8. The molecule has 0 heterocycles. The first kappa shape index (κ1) is 14.9. The van der Waals surface area contributed by atoms with Gasteiger partial charge in [0.15, 0.2) is 0 Å². The van der Waals surface area contributed by atoms with Gasteiger partial charge in [0.1, 0.15) is 23.5 Å². The van der Waals surface area contributed by atoms with E-state index in [9.17, 15) is 8.78 Å². The lowest BCUT2D eigenvalue weighted by atomic mass is 10.0. The van der Waals surface area contributed by atoms with Gasteiger partial charge >= 0.3 is 0 Å². The van der Waals surface area contributed by atoms with Crippen LogP contribution in [0, 0.1) is 11.6 Å². The van der Waals surface area contributed by atoms with Gasteiger partial charge in [0, 0.05) is 17.7 Å². The van der Waals surface area contributed by atoms with Crippen molar-refractivity contribution in [3.05, 3.63) is 64.1 Å². The van der Waals surface area contributed by atoms with Crippen LogP contribution in [0.15, 0.2) is 46.9 Å². The number of halogens is 3. The monoisotopic (exact) mass is 341 g/mol. The zero-order valence-corrected chi connectivity index (χ0v) is 12.4. The standard InChI is InChI=1S/C15H14BrF2NO/c1-9(19)15(11-4-2-3-5-13(11)17)20-10-6-7-12(16)14(18)8-10/h2-9,15H,19H2,1H3. The lowest BCUT2D eigenvalue weighted by Gasteiger charge is -2.23. The van der Waals surface area contributed by atoms with Crippen molar-refractivity contribution >= 4 is 15.9 Å². The first-order valence-electron chi connectivity index (χ1n) is 6.10. The molecule has 20 heavy (non-hydrogen) atoms. The third-order valence-corrected chi connectivity index (χ3v) is 3.49. The molecule has 0 aliphatic carbocycles. The molecule has 0 radical (unpaired) electrons. The molecular formula is C15H14BrF2NO. The molecule has 0 fully saturated rings. The molecule has 0 aliphatic rings. The highest BCUT2D eigenvalue weighted by Crippen LogP contribution is 2.28. The van der Waals surface area contributed by atoms with Crippen LogP contribution in [0.5, 0.6) is 5.75 Å². The van der Waals surface area contributed by atoms with Gasteiger partial charge in [-0.05, 0) is 41.1 Å². The number of rotatable bonds is 4. The molecule has 2 rings (SSSR count). The molecule has 5 heteroatoms. The van der Waals surface area contributed by atoms with Gasteiger partial charge in [-0.2, -0.15) is 0 Å². The van der Waals surface area contributed by atoms with Crippen LogP contribution in [0.4, 0.5) is 8.78 Å². The van der Waals surface area contributed by atoms with Crippen molar-refractivity contribution in [1.82, 2.24) is 0 Å². The summed E-state index contributed by atoms with van der Waals surface area (Å²) in [6.45, 7) is 1.71. The van der Waals surface area contributed by atoms with Crippen molar-refractivity contribution in [3.8, 4) is 5.75 Å². The van der Waals surface area contributed by atoms with Gasteiger partial charge in [-0.15, -0.1) is 0 Å². The number of ether oxygens (including phenoxy) is 1. The fourth-order valence-corrected chi connectivity index (χ4v) is 2.10. The molecule has 2 unspecified atom stereocenters. The van der Waals surface area contributed by atoms with Crippen LogP contribution in [0.1, 0.15) is 18.6 Å². The maximum absolute atomic E-state index is 13.8. The summed E-state index contributed by atoms with van der Waals surface area (Å²) in [6.07, 6.45) is -0.684. The van der Waals surface area contributed by atoms with Gasteiger partial charge in [-0.3, -0.25) is 0 Å². The Morgan fingerprint density at radius 3 is 2.40 bits per heavy atom. The molecule has 0 bridgehead atoms. The van der Waals surface area contributed by atoms with Gasteiger partial charge in [0.05, 0.1) is 4.47 Å². The van der Waals surface area contributed by atoms with E-state index in [4.69, 9.17) is 10.5 Å². The third kappa shape index (κ3) is 3.35. The third-order valence-electron chi connectivity index (χ3n) is 2.84. The molecule has 2 atom stereocenters. The second-order valence-electron chi connectivity index (χ2n) is 4.49. The Balaban J connectivity index is 2.31. The largest absolute Gasteiger partial charge is 0.484 e. The van der Waals surface area contributed by atoms with Gasteiger partial charge < -0.3 is 10.5 Å². The Hall–Kier alpha value is -1.46. The van der Waals surface area contributed by atoms with E-state index in [1.807, 2.05) is 0 Å². The zero-order chi connectivity index (χ0) is 14.7. The summed E-state index contributed by atoms with van der Waals surface area (Å²) < 4.78 is 33.3. The van der Waals surface area contributed by atoms with Gasteiger partial charge in [-0.1, -0.05) is 18.2 Å². The average Bonchev–Trinajstić information content (AvgIpc) is 2.41. The van der Waals surface area contributed by atoms with Gasteiger partial charge in [0.2, 0.25) is 0 Å². The molecule has 0 aliphatic heterocycles. The number of hydrogen-bond acceptors (Lipinski definition) is 2. The highest BCUT2D eigenvalue weighted by atomic mass is 79.9. The summed E-state index contributed by atoms with van der Waals surface area (Å²) in [5, 5.41) is 0.